The van der Waals surface area contributed by atoms with E-state index in [0.717, 1.165) is 41.1 Å². The summed E-state index contributed by atoms with van der Waals surface area (Å²) in [7, 11) is 0. The van der Waals surface area contributed by atoms with Gasteiger partial charge in [0.05, 0.1) is 29.5 Å². The smallest absolute Gasteiger partial charge is 0.119 e. The lowest BCUT2D eigenvalue weighted by atomic mass is 10.1. The summed E-state index contributed by atoms with van der Waals surface area (Å²) in [5.41, 5.74) is 3.75. The number of rotatable bonds is 9. The molecular formula is C22H26N2O. The summed E-state index contributed by atoms with van der Waals surface area (Å²) in [6.45, 7) is 3.02. The number of fused-ring (bicyclic) bond motifs is 1. The van der Waals surface area contributed by atoms with Crippen molar-refractivity contribution in [3.63, 3.8) is 0 Å². The molecule has 0 saturated carbocycles. The highest BCUT2D eigenvalue weighted by molar-refractivity contribution is 5.77. The first-order valence-corrected chi connectivity index (χ1v) is 9.32. The average molecular weight is 334 g/mol. The second-order valence-electron chi connectivity index (χ2n) is 6.39. The first-order valence-electron chi connectivity index (χ1n) is 9.32. The molecule has 25 heavy (non-hydrogen) atoms. The maximum absolute atomic E-state index is 5.91. The zero-order valence-corrected chi connectivity index (χ0v) is 14.9. The maximum atomic E-state index is 5.91. The largest absolute Gasteiger partial charge is 0.494 e. The number of aromatic nitrogens is 2. The molecule has 0 aliphatic heterocycles. The molecule has 0 N–H and O–H groups in total. The lowest BCUT2D eigenvalue weighted by Gasteiger charge is -2.08. The monoisotopic (exact) mass is 334 g/mol. The van der Waals surface area contributed by atoms with Gasteiger partial charge >= 0.3 is 0 Å². The molecule has 3 aromatic rings. The fraction of sp³-hybridized carbons (Fsp3) is 0.364. The summed E-state index contributed by atoms with van der Waals surface area (Å²) < 4.78 is 5.91. The molecule has 0 fully saturated rings. The molecule has 0 atom stereocenters. The normalized spacial score (nSPS) is 10.9. The Hall–Kier alpha value is -2.42. The number of para-hydroxylation sites is 2. The predicted molar refractivity (Wildman–Crippen MR) is 104 cm³/mol. The van der Waals surface area contributed by atoms with Crippen molar-refractivity contribution in [3.05, 3.63) is 54.7 Å². The predicted octanol–water partition coefficient (Wildman–Crippen LogP) is 6.04. The fourth-order valence-corrected chi connectivity index (χ4v) is 2.91. The summed E-state index contributed by atoms with van der Waals surface area (Å²) in [4.78, 5) is 9.20. The van der Waals surface area contributed by atoms with E-state index in [2.05, 4.69) is 24.0 Å². The van der Waals surface area contributed by atoms with Crippen LogP contribution in [-0.4, -0.2) is 16.6 Å². The molecule has 0 spiro atoms. The summed E-state index contributed by atoms with van der Waals surface area (Å²) in [5, 5.41) is 0. The molecule has 1 heterocycles. The highest BCUT2D eigenvalue weighted by Crippen LogP contribution is 2.23. The van der Waals surface area contributed by atoms with Crippen LogP contribution in [0.3, 0.4) is 0 Å². The van der Waals surface area contributed by atoms with Crippen LogP contribution in [0, 0.1) is 0 Å². The van der Waals surface area contributed by atoms with Crippen molar-refractivity contribution in [2.24, 2.45) is 0 Å². The van der Waals surface area contributed by atoms with E-state index in [9.17, 15) is 0 Å². The minimum absolute atomic E-state index is 0.777. The van der Waals surface area contributed by atoms with E-state index in [1.165, 1.54) is 32.1 Å². The van der Waals surface area contributed by atoms with Crippen LogP contribution in [0.5, 0.6) is 5.75 Å². The molecule has 0 aliphatic carbocycles. The molecule has 1 aromatic heterocycles. The second-order valence-corrected chi connectivity index (χ2v) is 6.39. The molecule has 0 saturated heterocycles. The fourth-order valence-electron chi connectivity index (χ4n) is 2.91. The Kier molecular flexibility index (Phi) is 6.38. The van der Waals surface area contributed by atoms with Crippen LogP contribution in [0.1, 0.15) is 45.4 Å². The van der Waals surface area contributed by atoms with Gasteiger partial charge in [-0.1, -0.05) is 63.3 Å². The van der Waals surface area contributed by atoms with Gasteiger partial charge in [-0.3, -0.25) is 4.98 Å². The lowest BCUT2D eigenvalue weighted by Crippen LogP contribution is -1.97. The second kappa shape index (κ2) is 9.16. The van der Waals surface area contributed by atoms with Gasteiger partial charge in [0.1, 0.15) is 5.75 Å². The molecular weight excluding hydrogens is 308 g/mol. The highest BCUT2D eigenvalue weighted by Gasteiger charge is 2.04. The number of hydrogen-bond donors (Lipinski definition) is 0. The van der Waals surface area contributed by atoms with Crippen molar-refractivity contribution in [1.29, 1.82) is 0 Å². The Morgan fingerprint density at radius 2 is 1.64 bits per heavy atom. The first kappa shape index (κ1) is 17.4. The van der Waals surface area contributed by atoms with Crippen molar-refractivity contribution in [1.82, 2.24) is 9.97 Å². The zero-order valence-electron chi connectivity index (χ0n) is 14.9. The van der Waals surface area contributed by atoms with Crippen molar-refractivity contribution in [2.75, 3.05) is 6.61 Å². The van der Waals surface area contributed by atoms with Gasteiger partial charge in [0.25, 0.3) is 0 Å². The minimum atomic E-state index is 0.777. The third-order valence-electron chi connectivity index (χ3n) is 4.34. The van der Waals surface area contributed by atoms with E-state index in [1.54, 1.807) is 0 Å². The van der Waals surface area contributed by atoms with Crippen LogP contribution in [0.25, 0.3) is 22.3 Å². The Morgan fingerprint density at radius 1 is 0.840 bits per heavy atom. The van der Waals surface area contributed by atoms with Gasteiger partial charge in [-0.15, -0.1) is 0 Å². The Morgan fingerprint density at radius 3 is 2.52 bits per heavy atom. The van der Waals surface area contributed by atoms with E-state index >= 15 is 0 Å². The van der Waals surface area contributed by atoms with E-state index in [1.807, 2.05) is 42.6 Å². The number of nitrogens with zero attached hydrogens (tertiary/aromatic N) is 2. The third-order valence-corrected chi connectivity index (χ3v) is 4.34. The van der Waals surface area contributed by atoms with Gasteiger partial charge in [0, 0.05) is 5.56 Å². The Balaban J connectivity index is 1.59. The number of benzene rings is 2. The van der Waals surface area contributed by atoms with Crippen LogP contribution in [0.15, 0.2) is 54.7 Å². The van der Waals surface area contributed by atoms with E-state index in [-0.39, 0.29) is 0 Å². The lowest BCUT2D eigenvalue weighted by molar-refractivity contribution is 0.304. The van der Waals surface area contributed by atoms with Gasteiger partial charge in [-0.05, 0) is 30.7 Å². The van der Waals surface area contributed by atoms with Crippen molar-refractivity contribution in [3.8, 4) is 17.0 Å². The topological polar surface area (TPSA) is 35.0 Å². The van der Waals surface area contributed by atoms with Crippen LogP contribution >= 0.6 is 0 Å². The molecule has 3 nitrogen and oxygen atoms in total. The van der Waals surface area contributed by atoms with Gasteiger partial charge in [0.2, 0.25) is 0 Å². The van der Waals surface area contributed by atoms with E-state index < -0.39 is 0 Å². The highest BCUT2D eigenvalue weighted by atomic mass is 16.5. The molecule has 2 aromatic carbocycles. The first-order chi connectivity index (χ1) is 12.4. The van der Waals surface area contributed by atoms with E-state index in [4.69, 9.17) is 9.72 Å². The summed E-state index contributed by atoms with van der Waals surface area (Å²) in [5.74, 6) is 0.904. The number of ether oxygens (including phenoxy) is 1. The third kappa shape index (κ3) is 5.02. The number of hydrogen-bond acceptors (Lipinski definition) is 3. The Labute approximate surface area is 150 Å². The number of unbranched alkanes of at least 4 members (excludes halogenated alkanes) is 5. The molecule has 0 bridgehead atoms. The van der Waals surface area contributed by atoms with Crippen LogP contribution < -0.4 is 4.74 Å². The van der Waals surface area contributed by atoms with Gasteiger partial charge in [-0.2, -0.15) is 0 Å². The Bertz CT molecular complexity index is 801. The average Bonchev–Trinajstić information content (AvgIpc) is 2.67. The minimum Gasteiger partial charge on any atom is -0.494 e. The van der Waals surface area contributed by atoms with Crippen molar-refractivity contribution < 1.29 is 4.74 Å². The standard InChI is InChI=1S/C22H26N2O/c1-2-3-4-5-6-9-15-25-19-12-10-11-18(16-19)22-17-23-20-13-7-8-14-21(20)24-22/h7-8,10-14,16-17H,2-6,9,15H2,1H3. The van der Waals surface area contributed by atoms with Gasteiger partial charge < -0.3 is 4.74 Å². The molecule has 130 valence electrons. The summed E-state index contributed by atoms with van der Waals surface area (Å²) in [6.07, 6.45) is 9.47. The molecule has 3 heteroatoms. The van der Waals surface area contributed by atoms with E-state index in [0.29, 0.717) is 0 Å². The maximum Gasteiger partial charge on any atom is 0.119 e. The summed E-state index contributed by atoms with van der Waals surface area (Å²) >= 11 is 0. The summed E-state index contributed by atoms with van der Waals surface area (Å²) in [6, 6.07) is 16.1. The van der Waals surface area contributed by atoms with Crippen LogP contribution in [-0.2, 0) is 0 Å². The molecule has 0 radical (unpaired) electrons. The molecule has 0 unspecified atom stereocenters. The quantitative estimate of drug-likeness (QED) is 0.448. The SMILES string of the molecule is CCCCCCCCOc1cccc(-c2cnc3ccccc3n2)c1. The van der Waals surface area contributed by atoms with Gasteiger partial charge in [0.15, 0.2) is 0 Å². The van der Waals surface area contributed by atoms with Crippen LogP contribution in [0.2, 0.25) is 0 Å². The van der Waals surface area contributed by atoms with Gasteiger partial charge in [-0.25, -0.2) is 4.98 Å². The molecule has 3 rings (SSSR count). The van der Waals surface area contributed by atoms with Crippen molar-refractivity contribution in [2.45, 2.75) is 45.4 Å². The molecule has 0 amide bonds. The van der Waals surface area contributed by atoms with Crippen molar-refractivity contribution >= 4 is 11.0 Å². The van der Waals surface area contributed by atoms with Crippen LogP contribution in [0.4, 0.5) is 0 Å². The zero-order chi connectivity index (χ0) is 17.3. The molecule has 0 aliphatic rings.